The molecule has 1 unspecified atom stereocenters. The number of likely N-dealkylation sites (N-methyl/N-ethyl adjacent to an activating group) is 1. The van der Waals surface area contributed by atoms with E-state index >= 15 is 0 Å². The highest BCUT2D eigenvalue weighted by molar-refractivity contribution is 6.01. The Labute approximate surface area is 253 Å². The molecule has 3 aliphatic rings. The fourth-order valence-electron chi connectivity index (χ4n) is 6.95. The van der Waals surface area contributed by atoms with Gasteiger partial charge in [-0.15, -0.1) is 0 Å². The molecule has 2 fully saturated rings. The molecule has 4 N–H and O–H groups in total. The maximum Gasteiger partial charge on any atom is 0.318 e. The summed E-state index contributed by atoms with van der Waals surface area (Å²) in [5.74, 6) is -0.500. The van der Waals surface area contributed by atoms with E-state index in [1.165, 1.54) is 0 Å². The van der Waals surface area contributed by atoms with Gasteiger partial charge in [0.15, 0.2) is 0 Å². The van der Waals surface area contributed by atoms with Gasteiger partial charge in [-0.25, -0.2) is 4.79 Å². The third kappa shape index (κ3) is 5.99. The van der Waals surface area contributed by atoms with Crippen LogP contribution in [0.4, 0.5) is 10.5 Å². The van der Waals surface area contributed by atoms with Crippen molar-refractivity contribution in [2.75, 3.05) is 18.9 Å². The van der Waals surface area contributed by atoms with Crippen LogP contribution in [-0.2, 0) is 22.4 Å². The molecule has 1 saturated heterocycles. The van der Waals surface area contributed by atoms with Crippen LogP contribution in [-0.4, -0.2) is 69.6 Å². The van der Waals surface area contributed by atoms with Gasteiger partial charge in [0.05, 0.1) is 6.04 Å². The molecule has 43 heavy (non-hydrogen) atoms. The van der Waals surface area contributed by atoms with E-state index in [9.17, 15) is 19.2 Å². The molecular weight excluding hydrogens is 546 g/mol. The summed E-state index contributed by atoms with van der Waals surface area (Å²) >= 11 is 0. The zero-order valence-electron chi connectivity index (χ0n) is 25.9. The number of hydrogen-bond donors (Lipinski definition) is 4. The lowest BCUT2D eigenvalue weighted by Gasteiger charge is -2.36. The Morgan fingerprint density at radius 1 is 1.02 bits per heavy atom. The first-order valence-corrected chi connectivity index (χ1v) is 15.6. The molecule has 0 radical (unpaired) electrons. The summed E-state index contributed by atoms with van der Waals surface area (Å²) in [4.78, 5) is 55.2. The molecule has 1 aliphatic heterocycles. The van der Waals surface area contributed by atoms with Gasteiger partial charge >= 0.3 is 6.03 Å². The third-order valence-electron chi connectivity index (χ3n) is 9.43. The molecule has 5 rings (SSSR count). The van der Waals surface area contributed by atoms with Gasteiger partial charge in [-0.2, -0.15) is 5.10 Å². The van der Waals surface area contributed by atoms with Gasteiger partial charge < -0.3 is 26.2 Å². The second kappa shape index (κ2) is 12.4. The second-order valence-electron chi connectivity index (χ2n) is 13.0. The van der Waals surface area contributed by atoms with Crippen molar-refractivity contribution in [1.29, 1.82) is 0 Å². The Balaban J connectivity index is 1.36. The Kier molecular flexibility index (Phi) is 8.80. The summed E-state index contributed by atoms with van der Waals surface area (Å²) in [5.41, 5.74) is 1.88. The lowest BCUT2D eigenvalue weighted by atomic mass is 9.83. The lowest BCUT2D eigenvalue weighted by molar-refractivity contribution is -0.130. The molecule has 1 aromatic carbocycles. The highest BCUT2D eigenvalue weighted by atomic mass is 16.2. The number of aromatic nitrogens is 2. The monoisotopic (exact) mass is 591 g/mol. The zero-order chi connectivity index (χ0) is 30.9. The van der Waals surface area contributed by atoms with Gasteiger partial charge in [-0.3, -0.25) is 19.1 Å². The number of hydrogen-bond acceptors (Lipinski definition) is 5. The van der Waals surface area contributed by atoms with E-state index < -0.39 is 11.6 Å². The molecule has 1 aromatic heterocycles. The van der Waals surface area contributed by atoms with Crippen LogP contribution in [0.5, 0.6) is 0 Å². The molecule has 2 heterocycles. The number of amides is 5. The summed E-state index contributed by atoms with van der Waals surface area (Å²) in [6.07, 6.45) is 7.27. The Morgan fingerprint density at radius 2 is 1.74 bits per heavy atom. The number of benzene rings is 1. The number of carbonyl (C=O) groups is 4. The molecule has 3 atom stereocenters. The smallest absolute Gasteiger partial charge is 0.318 e. The molecule has 2 aromatic rings. The molecule has 5 amide bonds. The number of nitrogens with one attached hydrogen (secondary N) is 4. The predicted molar refractivity (Wildman–Crippen MR) is 164 cm³/mol. The number of urea groups is 1. The normalized spacial score (nSPS) is 22.8. The standard InChI is InChI=1S/C32H45N7O4/c1-19(2)25-18-38(31(43)36-25)32(30(42)33-5)16-22-11-12-24(15-23(22)17-32)35-29(41)27(21-9-7-6-8-10-21)37-28(40)26-13-14-34-39(26)20(3)4/h11-15,19-21,25,27H,6-10,16-18H2,1-5H3,(H,33,42)(H,35,41)(H,36,43)(H,37,40)/t25-,27-,32?/m0/s1. The third-order valence-corrected chi connectivity index (χ3v) is 9.43. The van der Waals surface area contributed by atoms with Gasteiger partial charge in [0, 0.05) is 44.4 Å². The summed E-state index contributed by atoms with van der Waals surface area (Å²) in [6, 6.07) is 6.40. The highest BCUT2D eigenvalue weighted by Crippen LogP contribution is 2.38. The molecule has 11 nitrogen and oxygen atoms in total. The van der Waals surface area contributed by atoms with E-state index in [4.69, 9.17) is 0 Å². The number of fused-ring (bicyclic) bond motifs is 1. The van der Waals surface area contributed by atoms with Crippen molar-refractivity contribution in [3.63, 3.8) is 0 Å². The Morgan fingerprint density at radius 3 is 2.40 bits per heavy atom. The molecular formula is C32H45N7O4. The first-order valence-electron chi connectivity index (χ1n) is 15.6. The molecule has 1 saturated carbocycles. The van der Waals surface area contributed by atoms with Crippen LogP contribution in [0.25, 0.3) is 0 Å². The fraction of sp³-hybridized carbons (Fsp3) is 0.594. The van der Waals surface area contributed by atoms with Crippen molar-refractivity contribution in [2.24, 2.45) is 11.8 Å². The summed E-state index contributed by atoms with van der Waals surface area (Å²) in [6.45, 7) is 8.49. The minimum Gasteiger partial charge on any atom is -0.357 e. The first-order chi connectivity index (χ1) is 20.5. The van der Waals surface area contributed by atoms with Crippen LogP contribution in [0.3, 0.4) is 0 Å². The largest absolute Gasteiger partial charge is 0.357 e. The first kappa shape index (κ1) is 30.6. The van der Waals surface area contributed by atoms with Gasteiger partial charge in [-0.05, 0) is 67.9 Å². The molecule has 2 aliphatic carbocycles. The van der Waals surface area contributed by atoms with Crippen molar-refractivity contribution >= 4 is 29.4 Å². The number of nitrogens with zero attached hydrogens (tertiary/aromatic N) is 3. The second-order valence-corrected chi connectivity index (χ2v) is 13.0. The van der Waals surface area contributed by atoms with E-state index in [1.807, 2.05) is 32.0 Å². The maximum absolute atomic E-state index is 13.8. The summed E-state index contributed by atoms with van der Waals surface area (Å²) in [7, 11) is 1.60. The molecule has 232 valence electrons. The molecule has 0 spiro atoms. The van der Waals surface area contributed by atoms with Gasteiger partial charge in [0.25, 0.3) is 5.91 Å². The van der Waals surface area contributed by atoms with E-state index in [-0.39, 0.29) is 47.7 Å². The van der Waals surface area contributed by atoms with Crippen molar-refractivity contribution in [3.05, 3.63) is 47.3 Å². The Bertz CT molecular complexity index is 1380. The minimum atomic E-state index is -1.04. The quantitative estimate of drug-likeness (QED) is 0.354. The van der Waals surface area contributed by atoms with E-state index in [0.29, 0.717) is 30.8 Å². The van der Waals surface area contributed by atoms with Crippen molar-refractivity contribution < 1.29 is 19.2 Å². The molecule has 11 heteroatoms. The average molecular weight is 592 g/mol. The Hall–Kier alpha value is -3.89. The highest BCUT2D eigenvalue weighted by Gasteiger charge is 2.53. The summed E-state index contributed by atoms with van der Waals surface area (Å²) < 4.78 is 1.66. The maximum atomic E-state index is 13.8. The SMILES string of the molecule is CNC(=O)C1(N2C[C@@H](C(C)C)NC2=O)Cc2ccc(NC(=O)[C@@H](NC(=O)c3ccnn3C(C)C)C3CCCCC3)cc2C1. The van der Waals surface area contributed by atoms with Crippen LogP contribution in [0.15, 0.2) is 30.5 Å². The summed E-state index contributed by atoms with van der Waals surface area (Å²) in [5, 5.41) is 16.2. The lowest BCUT2D eigenvalue weighted by Crippen LogP contribution is -2.60. The number of anilines is 1. The molecule has 0 bridgehead atoms. The number of rotatable bonds is 9. The van der Waals surface area contributed by atoms with E-state index in [2.05, 4.69) is 40.2 Å². The van der Waals surface area contributed by atoms with E-state index in [1.54, 1.807) is 28.9 Å². The van der Waals surface area contributed by atoms with Crippen LogP contribution in [0, 0.1) is 11.8 Å². The van der Waals surface area contributed by atoms with Gasteiger partial charge in [0.2, 0.25) is 11.8 Å². The van der Waals surface area contributed by atoms with Crippen molar-refractivity contribution in [3.8, 4) is 0 Å². The van der Waals surface area contributed by atoms with Crippen molar-refractivity contribution in [2.45, 2.75) is 96.3 Å². The van der Waals surface area contributed by atoms with Crippen LogP contribution >= 0.6 is 0 Å². The number of carbonyl (C=O) groups excluding carboxylic acids is 4. The minimum absolute atomic E-state index is 0.00826. The van der Waals surface area contributed by atoms with Crippen molar-refractivity contribution in [1.82, 2.24) is 30.6 Å². The van der Waals surface area contributed by atoms with Gasteiger partial charge in [0.1, 0.15) is 17.3 Å². The van der Waals surface area contributed by atoms with Crippen LogP contribution < -0.4 is 21.3 Å². The fourth-order valence-corrected chi connectivity index (χ4v) is 6.95. The predicted octanol–water partition coefficient (Wildman–Crippen LogP) is 3.41. The zero-order valence-corrected chi connectivity index (χ0v) is 25.9. The van der Waals surface area contributed by atoms with Gasteiger partial charge in [-0.1, -0.05) is 39.2 Å². The average Bonchev–Trinajstić information content (AvgIpc) is 3.73. The van der Waals surface area contributed by atoms with Crippen LogP contribution in [0.1, 0.15) is 87.5 Å². The topological polar surface area (TPSA) is 137 Å². The van der Waals surface area contributed by atoms with E-state index in [0.717, 1.165) is 43.2 Å². The van der Waals surface area contributed by atoms with Crippen LogP contribution in [0.2, 0.25) is 0 Å².